The lowest BCUT2D eigenvalue weighted by Gasteiger charge is -2.17. The third-order valence-electron chi connectivity index (χ3n) is 4.41. The largest absolute Gasteiger partial charge is 0.481 e. The molecule has 1 aliphatic heterocycles. The Balaban J connectivity index is 1.76. The van der Waals surface area contributed by atoms with Crippen LogP contribution in [0.5, 0.6) is 0 Å². The van der Waals surface area contributed by atoms with E-state index in [-0.39, 0.29) is 24.3 Å². The zero-order chi connectivity index (χ0) is 16.8. The summed E-state index contributed by atoms with van der Waals surface area (Å²) >= 11 is 0. The fourth-order valence-electron chi connectivity index (χ4n) is 3.16. The fourth-order valence-corrected chi connectivity index (χ4v) is 3.16. The van der Waals surface area contributed by atoms with E-state index in [0.29, 0.717) is 19.0 Å². The molecule has 0 aromatic heterocycles. The molecule has 5 heteroatoms. The standard InChI is InChI=1S/C18H26N2O3/c1-12(9-18(22)23)11-19-17(21)10-14-7-8-16(20-14)15-6-4-3-5-13(15)2/h3-6,12,14,16,20H,7-11H2,1-2H3,(H,19,21)(H,22,23)/t12?,14?,16-/m0/s1. The maximum Gasteiger partial charge on any atom is 0.303 e. The highest BCUT2D eigenvalue weighted by Crippen LogP contribution is 2.29. The lowest BCUT2D eigenvalue weighted by molar-refractivity contribution is -0.138. The highest BCUT2D eigenvalue weighted by Gasteiger charge is 2.27. The Bertz CT molecular complexity index is 559. The van der Waals surface area contributed by atoms with Gasteiger partial charge < -0.3 is 15.7 Å². The van der Waals surface area contributed by atoms with Crippen molar-refractivity contribution in [2.45, 2.75) is 51.6 Å². The molecule has 0 spiro atoms. The second-order valence-corrected chi connectivity index (χ2v) is 6.56. The van der Waals surface area contributed by atoms with Crippen LogP contribution in [0.25, 0.3) is 0 Å². The lowest BCUT2D eigenvalue weighted by atomic mass is 10.0. The van der Waals surface area contributed by atoms with Crippen LogP contribution in [0.3, 0.4) is 0 Å². The molecule has 3 atom stereocenters. The zero-order valence-corrected chi connectivity index (χ0v) is 13.8. The first-order valence-electron chi connectivity index (χ1n) is 8.25. The smallest absolute Gasteiger partial charge is 0.303 e. The van der Waals surface area contributed by atoms with E-state index in [1.165, 1.54) is 11.1 Å². The maximum atomic E-state index is 12.0. The van der Waals surface area contributed by atoms with E-state index in [4.69, 9.17) is 5.11 Å². The van der Waals surface area contributed by atoms with Crippen molar-refractivity contribution in [1.29, 1.82) is 0 Å². The Hall–Kier alpha value is -1.88. The van der Waals surface area contributed by atoms with Gasteiger partial charge in [0.1, 0.15) is 0 Å². The predicted molar refractivity (Wildman–Crippen MR) is 89.1 cm³/mol. The molecule has 1 amide bonds. The fraction of sp³-hybridized carbons (Fsp3) is 0.556. The third kappa shape index (κ3) is 5.36. The zero-order valence-electron chi connectivity index (χ0n) is 13.8. The van der Waals surface area contributed by atoms with Crippen LogP contribution in [-0.4, -0.2) is 29.6 Å². The number of aliphatic carboxylic acids is 1. The summed E-state index contributed by atoms with van der Waals surface area (Å²) < 4.78 is 0. The quantitative estimate of drug-likeness (QED) is 0.721. The lowest BCUT2D eigenvalue weighted by Crippen LogP contribution is -2.35. The Morgan fingerprint density at radius 3 is 2.78 bits per heavy atom. The number of carbonyl (C=O) groups excluding carboxylic acids is 1. The van der Waals surface area contributed by atoms with Crippen LogP contribution in [0.15, 0.2) is 24.3 Å². The Morgan fingerprint density at radius 1 is 1.35 bits per heavy atom. The van der Waals surface area contributed by atoms with Crippen molar-refractivity contribution in [3.8, 4) is 0 Å². The minimum absolute atomic E-state index is 0.00910. The van der Waals surface area contributed by atoms with E-state index in [2.05, 4.69) is 29.7 Å². The van der Waals surface area contributed by atoms with Crippen molar-refractivity contribution in [3.63, 3.8) is 0 Å². The highest BCUT2D eigenvalue weighted by atomic mass is 16.4. The monoisotopic (exact) mass is 318 g/mol. The first-order valence-corrected chi connectivity index (χ1v) is 8.25. The summed E-state index contributed by atoms with van der Waals surface area (Å²) in [5, 5.41) is 15.1. The Kier molecular flexibility index (Phi) is 6.16. The molecule has 2 unspecified atom stereocenters. The molecule has 5 nitrogen and oxygen atoms in total. The van der Waals surface area contributed by atoms with Gasteiger partial charge in [-0.3, -0.25) is 9.59 Å². The topological polar surface area (TPSA) is 78.4 Å². The van der Waals surface area contributed by atoms with Gasteiger partial charge in [-0.25, -0.2) is 0 Å². The van der Waals surface area contributed by atoms with E-state index in [1.54, 1.807) is 0 Å². The van der Waals surface area contributed by atoms with E-state index in [0.717, 1.165) is 12.8 Å². The summed E-state index contributed by atoms with van der Waals surface area (Å²) in [5.41, 5.74) is 2.59. The molecule has 1 saturated heterocycles. The average molecular weight is 318 g/mol. The third-order valence-corrected chi connectivity index (χ3v) is 4.41. The number of amides is 1. The molecule has 3 N–H and O–H groups in total. The van der Waals surface area contributed by atoms with Crippen LogP contribution >= 0.6 is 0 Å². The van der Waals surface area contributed by atoms with E-state index < -0.39 is 5.97 Å². The Morgan fingerprint density at radius 2 is 2.09 bits per heavy atom. The average Bonchev–Trinajstić information content (AvgIpc) is 2.93. The van der Waals surface area contributed by atoms with Crippen LogP contribution in [0.2, 0.25) is 0 Å². The van der Waals surface area contributed by atoms with Gasteiger partial charge in [-0.05, 0) is 36.8 Å². The minimum Gasteiger partial charge on any atom is -0.481 e. The molecule has 0 aliphatic carbocycles. The van der Waals surface area contributed by atoms with Crippen molar-refractivity contribution in [2.24, 2.45) is 5.92 Å². The molecule has 1 aromatic carbocycles. The summed E-state index contributed by atoms with van der Waals surface area (Å²) in [5.74, 6) is -0.886. The van der Waals surface area contributed by atoms with E-state index in [1.807, 2.05) is 19.1 Å². The van der Waals surface area contributed by atoms with Crippen molar-refractivity contribution >= 4 is 11.9 Å². The van der Waals surface area contributed by atoms with Crippen molar-refractivity contribution < 1.29 is 14.7 Å². The van der Waals surface area contributed by atoms with Gasteiger partial charge in [0.25, 0.3) is 0 Å². The summed E-state index contributed by atoms with van der Waals surface area (Å²) in [6.07, 6.45) is 2.55. The molecule has 0 radical (unpaired) electrons. The molecule has 0 saturated carbocycles. The van der Waals surface area contributed by atoms with Gasteiger partial charge in [0, 0.05) is 31.5 Å². The number of carboxylic acid groups (broad SMARTS) is 1. The summed E-state index contributed by atoms with van der Waals surface area (Å²) in [6.45, 7) is 4.36. The maximum absolute atomic E-state index is 12.0. The molecule has 1 fully saturated rings. The molecular weight excluding hydrogens is 292 g/mol. The van der Waals surface area contributed by atoms with Crippen molar-refractivity contribution in [3.05, 3.63) is 35.4 Å². The van der Waals surface area contributed by atoms with Gasteiger partial charge in [-0.2, -0.15) is 0 Å². The summed E-state index contributed by atoms with van der Waals surface area (Å²) in [7, 11) is 0. The number of nitrogens with one attached hydrogen (secondary N) is 2. The number of hydrogen-bond acceptors (Lipinski definition) is 3. The van der Waals surface area contributed by atoms with Gasteiger partial charge in [0.2, 0.25) is 5.91 Å². The first-order chi connectivity index (χ1) is 11.0. The molecular formula is C18H26N2O3. The number of benzene rings is 1. The number of rotatable bonds is 7. The number of hydrogen-bond donors (Lipinski definition) is 3. The molecule has 0 bridgehead atoms. The minimum atomic E-state index is -0.828. The van der Waals surface area contributed by atoms with Gasteiger partial charge >= 0.3 is 5.97 Å². The van der Waals surface area contributed by atoms with Crippen molar-refractivity contribution in [2.75, 3.05) is 6.54 Å². The normalized spacial score (nSPS) is 21.8. The predicted octanol–water partition coefficient (Wildman–Crippen LogP) is 2.41. The van der Waals surface area contributed by atoms with Crippen LogP contribution < -0.4 is 10.6 Å². The van der Waals surface area contributed by atoms with E-state index in [9.17, 15) is 9.59 Å². The molecule has 1 aliphatic rings. The van der Waals surface area contributed by atoms with Gasteiger partial charge in [0.05, 0.1) is 0 Å². The van der Waals surface area contributed by atoms with Crippen LogP contribution in [-0.2, 0) is 9.59 Å². The van der Waals surface area contributed by atoms with Crippen molar-refractivity contribution in [1.82, 2.24) is 10.6 Å². The molecule has 2 rings (SSSR count). The SMILES string of the molecule is Cc1ccccc1[C@@H]1CCC(CC(=O)NCC(C)CC(=O)O)N1. The Labute approximate surface area is 137 Å². The van der Waals surface area contributed by atoms with Gasteiger partial charge in [0.15, 0.2) is 0 Å². The second kappa shape index (κ2) is 8.11. The van der Waals surface area contributed by atoms with Gasteiger partial charge in [-0.1, -0.05) is 31.2 Å². The molecule has 1 heterocycles. The summed E-state index contributed by atoms with van der Waals surface area (Å²) in [6, 6.07) is 8.85. The second-order valence-electron chi connectivity index (χ2n) is 6.56. The molecule has 126 valence electrons. The first kappa shape index (κ1) is 17.5. The summed E-state index contributed by atoms with van der Waals surface area (Å²) in [4.78, 5) is 22.6. The van der Waals surface area contributed by atoms with Crippen LogP contribution in [0.4, 0.5) is 0 Å². The van der Waals surface area contributed by atoms with Gasteiger partial charge in [-0.15, -0.1) is 0 Å². The molecule has 1 aromatic rings. The molecule has 23 heavy (non-hydrogen) atoms. The van der Waals surface area contributed by atoms with Crippen LogP contribution in [0, 0.1) is 12.8 Å². The number of aryl methyl sites for hydroxylation is 1. The number of carboxylic acids is 1. The highest BCUT2D eigenvalue weighted by molar-refractivity contribution is 5.76. The van der Waals surface area contributed by atoms with E-state index >= 15 is 0 Å². The number of carbonyl (C=O) groups is 2. The van der Waals surface area contributed by atoms with Crippen LogP contribution in [0.1, 0.15) is 49.8 Å².